The molecule has 2 aromatic carbocycles. The summed E-state index contributed by atoms with van der Waals surface area (Å²) >= 11 is 0. The summed E-state index contributed by atoms with van der Waals surface area (Å²) in [5.74, 6) is 0.183. The molecule has 4 rings (SSSR count). The summed E-state index contributed by atoms with van der Waals surface area (Å²) in [6, 6.07) is 15.1. The second kappa shape index (κ2) is 7.59. The molecule has 2 heterocycles. The van der Waals surface area contributed by atoms with Crippen molar-refractivity contribution < 1.29 is 14.3 Å². The van der Waals surface area contributed by atoms with Crippen molar-refractivity contribution in [2.45, 2.75) is 51.7 Å². The van der Waals surface area contributed by atoms with Gasteiger partial charge in [0.15, 0.2) is 0 Å². The number of benzene rings is 2. The fourth-order valence-corrected chi connectivity index (χ4v) is 4.95. The molecule has 148 valence electrons. The Morgan fingerprint density at radius 3 is 2.86 bits per heavy atom. The number of aryl methyl sites for hydroxylation is 1. The zero-order valence-electron chi connectivity index (χ0n) is 17.0. The normalized spacial score (nSPS) is 25.5. The van der Waals surface area contributed by atoms with Crippen LogP contribution in [0.3, 0.4) is 0 Å². The van der Waals surface area contributed by atoms with Crippen molar-refractivity contribution >= 4 is 11.7 Å². The minimum atomic E-state index is -0.183. The molecule has 0 bridgehead atoms. The van der Waals surface area contributed by atoms with E-state index in [2.05, 4.69) is 55.6 Å². The first-order valence-corrected chi connectivity index (χ1v) is 10.3. The van der Waals surface area contributed by atoms with Gasteiger partial charge in [-0.25, -0.2) is 0 Å². The monoisotopic (exact) mass is 379 g/mol. The van der Waals surface area contributed by atoms with E-state index < -0.39 is 0 Å². The van der Waals surface area contributed by atoms with Gasteiger partial charge >= 0.3 is 5.97 Å². The fourth-order valence-electron chi connectivity index (χ4n) is 4.95. The number of anilines is 1. The molecule has 1 fully saturated rings. The number of hydrogen-bond donors (Lipinski definition) is 1. The largest absolute Gasteiger partial charge is 0.466 e. The molecule has 2 aromatic rings. The van der Waals surface area contributed by atoms with E-state index in [-0.39, 0.29) is 17.6 Å². The van der Waals surface area contributed by atoms with Gasteiger partial charge in [-0.2, -0.15) is 0 Å². The van der Waals surface area contributed by atoms with Crippen molar-refractivity contribution in [3.8, 4) is 0 Å². The lowest BCUT2D eigenvalue weighted by atomic mass is 9.68. The SMILES string of the molecule is CCOC(=O)Cc1ccc2c(c1)[C@@H]1OCC[C@@H]1[C@@](CC)(c1cccc(C)c1)N2. The number of esters is 1. The maximum atomic E-state index is 11.9. The third-order valence-electron chi connectivity index (χ3n) is 6.25. The maximum absolute atomic E-state index is 11.9. The van der Waals surface area contributed by atoms with E-state index in [9.17, 15) is 4.79 Å². The molecule has 28 heavy (non-hydrogen) atoms. The van der Waals surface area contributed by atoms with Gasteiger partial charge in [0.2, 0.25) is 0 Å². The molecule has 3 atom stereocenters. The summed E-state index contributed by atoms with van der Waals surface area (Å²) in [5.41, 5.74) is 5.73. The van der Waals surface area contributed by atoms with Gasteiger partial charge in [0.25, 0.3) is 0 Å². The van der Waals surface area contributed by atoms with Gasteiger partial charge in [-0.1, -0.05) is 48.9 Å². The lowest BCUT2D eigenvalue weighted by Crippen LogP contribution is -2.47. The molecule has 1 N–H and O–H groups in total. The zero-order valence-corrected chi connectivity index (χ0v) is 17.0. The lowest BCUT2D eigenvalue weighted by Gasteiger charge is -2.47. The van der Waals surface area contributed by atoms with Crippen LogP contribution in [0, 0.1) is 12.8 Å². The number of ether oxygens (including phenoxy) is 2. The van der Waals surface area contributed by atoms with Gasteiger partial charge in [-0.05, 0) is 43.9 Å². The van der Waals surface area contributed by atoms with Crippen molar-refractivity contribution in [2.24, 2.45) is 5.92 Å². The van der Waals surface area contributed by atoms with E-state index in [1.807, 2.05) is 13.0 Å². The summed E-state index contributed by atoms with van der Waals surface area (Å²) in [5, 5.41) is 3.88. The molecule has 0 aliphatic carbocycles. The molecular formula is C24H29NO3. The average molecular weight is 380 g/mol. The number of carbonyl (C=O) groups excluding carboxylic acids is 1. The lowest BCUT2D eigenvalue weighted by molar-refractivity contribution is -0.142. The van der Waals surface area contributed by atoms with E-state index in [0.717, 1.165) is 30.7 Å². The highest BCUT2D eigenvalue weighted by Crippen LogP contribution is 2.54. The first kappa shape index (κ1) is 19.0. The molecule has 0 unspecified atom stereocenters. The van der Waals surface area contributed by atoms with Crippen LogP contribution in [-0.2, 0) is 26.2 Å². The van der Waals surface area contributed by atoms with Gasteiger partial charge in [0.1, 0.15) is 0 Å². The molecule has 0 radical (unpaired) electrons. The predicted molar refractivity (Wildman–Crippen MR) is 110 cm³/mol. The molecule has 2 aliphatic heterocycles. The summed E-state index contributed by atoms with van der Waals surface area (Å²) in [6.07, 6.45) is 2.38. The fraction of sp³-hybridized carbons (Fsp3) is 0.458. The number of carbonyl (C=O) groups is 1. The van der Waals surface area contributed by atoms with Crippen LogP contribution in [0.4, 0.5) is 5.69 Å². The van der Waals surface area contributed by atoms with Crippen LogP contribution in [0.1, 0.15) is 55.0 Å². The molecule has 1 saturated heterocycles. The first-order chi connectivity index (χ1) is 13.6. The number of hydrogen-bond acceptors (Lipinski definition) is 4. The zero-order chi connectivity index (χ0) is 19.7. The molecule has 0 amide bonds. The predicted octanol–water partition coefficient (Wildman–Crippen LogP) is 4.91. The van der Waals surface area contributed by atoms with Crippen LogP contribution in [0.25, 0.3) is 0 Å². The standard InChI is InChI=1S/C24H29NO3/c1-4-24(18-8-6-7-16(3)13-18)20-11-12-28-23(20)19-14-17(9-10-21(19)25-24)15-22(26)27-5-2/h6-10,13-14,20,23,25H,4-5,11-12,15H2,1-3H3/t20-,23-,24+/m0/s1. The highest BCUT2D eigenvalue weighted by molar-refractivity contribution is 5.73. The van der Waals surface area contributed by atoms with E-state index >= 15 is 0 Å². The van der Waals surface area contributed by atoms with E-state index in [0.29, 0.717) is 18.9 Å². The summed E-state index contributed by atoms with van der Waals surface area (Å²) in [4.78, 5) is 11.9. The highest BCUT2D eigenvalue weighted by atomic mass is 16.5. The van der Waals surface area contributed by atoms with Crippen molar-refractivity contribution in [3.63, 3.8) is 0 Å². The molecule has 4 heteroatoms. The third-order valence-corrected chi connectivity index (χ3v) is 6.25. The minimum Gasteiger partial charge on any atom is -0.466 e. The Morgan fingerprint density at radius 2 is 2.11 bits per heavy atom. The Labute approximate surface area is 167 Å². The topological polar surface area (TPSA) is 47.6 Å². The van der Waals surface area contributed by atoms with Crippen LogP contribution in [0.2, 0.25) is 0 Å². The van der Waals surface area contributed by atoms with Gasteiger partial charge in [-0.15, -0.1) is 0 Å². The Kier molecular flexibility index (Phi) is 5.15. The van der Waals surface area contributed by atoms with E-state index in [1.54, 1.807) is 0 Å². The van der Waals surface area contributed by atoms with Gasteiger partial charge < -0.3 is 14.8 Å². The number of rotatable bonds is 5. The number of nitrogens with one attached hydrogen (secondary N) is 1. The quantitative estimate of drug-likeness (QED) is 0.750. The Balaban J connectivity index is 1.74. The molecule has 2 aliphatic rings. The minimum absolute atomic E-state index is 0.0545. The van der Waals surface area contributed by atoms with E-state index in [1.165, 1.54) is 16.7 Å². The van der Waals surface area contributed by atoms with Crippen LogP contribution >= 0.6 is 0 Å². The van der Waals surface area contributed by atoms with Crippen LogP contribution in [-0.4, -0.2) is 19.2 Å². The van der Waals surface area contributed by atoms with Crippen molar-refractivity contribution in [1.29, 1.82) is 0 Å². The van der Waals surface area contributed by atoms with E-state index in [4.69, 9.17) is 9.47 Å². The second-order valence-electron chi connectivity index (χ2n) is 7.91. The van der Waals surface area contributed by atoms with Crippen molar-refractivity contribution in [3.05, 3.63) is 64.7 Å². The van der Waals surface area contributed by atoms with Gasteiger partial charge in [-0.3, -0.25) is 4.79 Å². The second-order valence-corrected chi connectivity index (χ2v) is 7.91. The summed E-state index contributed by atoms with van der Waals surface area (Å²) in [7, 11) is 0. The van der Waals surface area contributed by atoms with Crippen LogP contribution in [0.5, 0.6) is 0 Å². The summed E-state index contributed by atoms with van der Waals surface area (Å²) < 4.78 is 11.4. The van der Waals surface area contributed by atoms with Crippen LogP contribution < -0.4 is 5.32 Å². The molecule has 0 saturated carbocycles. The first-order valence-electron chi connectivity index (χ1n) is 10.3. The van der Waals surface area contributed by atoms with Gasteiger partial charge in [0, 0.05) is 23.8 Å². The molecule has 0 spiro atoms. The third kappa shape index (κ3) is 3.20. The molecule has 0 aromatic heterocycles. The smallest absolute Gasteiger partial charge is 0.310 e. The van der Waals surface area contributed by atoms with Gasteiger partial charge in [0.05, 0.1) is 24.7 Å². The average Bonchev–Trinajstić information content (AvgIpc) is 3.18. The van der Waals surface area contributed by atoms with Crippen molar-refractivity contribution in [2.75, 3.05) is 18.5 Å². The Hall–Kier alpha value is -2.33. The Bertz CT molecular complexity index is 878. The molecule has 4 nitrogen and oxygen atoms in total. The van der Waals surface area contributed by atoms with Crippen LogP contribution in [0.15, 0.2) is 42.5 Å². The Morgan fingerprint density at radius 1 is 1.25 bits per heavy atom. The molecular weight excluding hydrogens is 350 g/mol. The number of fused-ring (bicyclic) bond motifs is 3. The summed E-state index contributed by atoms with van der Waals surface area (Å²) in [6.45, 7) is 7.42. The maximum Gasteiger partial charge on any atom is 0.310 e. The van der Waals surface area contributed by atoms with Crippen molar-refractivity contribution in [1.82, 2.24) is 0 Å². The highest BCUT2D eigenvalue weighted by Gasteiger charge is 2.50.